The molecule has 356 valence electrons. The number of hydrogen-bond acceptors (Lipinski definition) is 11. The zero-order valence-electron chi connectivity index (χ0n) is 37.9. The van der Waals surface area contributed by atoms with Crippen LogP contribution in [0.5, 0.6) is 0 Å². The second kappa shape index (κ2) is 41.8. The predicted molar refractivity (Wildman–Crippen MR) is 247 cm³/mol. The largest absolute Gasteiger partial charge is 0.480 e. The smallest absolute Gasteiger partial charge is 0.472 e. The van der Waals surface area contributed by atoms with Gasteiger partial charge in [-0.25, -0.2) is 4.57 Å². The molecule has 0 bridgehead atoms. The number of aliphatic hydroxyl groups is 2. The van der Waals surface area contributed by atoms with Crippen LogP contribution in [-0.4, -0.2) is 82.3 Å². The minimum absolute atomic E-state index is 0.0221. The standard InChI is InChI=1S/C48H82NO12P/c1-3-5-7-8-9-10-11-12-13-14-15-16-17-18-19-23-31-37-46(52)58-39-44(40-59-62(56,57)60-41-45(49)48(54)55)61-47(53)38-32-24-21-20-22-28-34-43(51)36-30-26-25-29-35-42(50)33-27-6-4-2/h6,21-22,24-30,35-36,42-45,50-51H,3-5,7-20,23,31-34,37-41,49H2,1-2H3,(H,54,55)(H,56,57)/b24-21-,26-25-,27-6-,28-22-,35-29+,36-30+/t42-,43+,44+,45-/m0/s1. The third-order valence-corrected chi connectivity index (χ3v) is 10.6. The van der Waals surface area contributed by atoms with Gasteiger partial charge in [-0.15, -0.1) is 0 Å². The summed E-state index contributed by atoms with van der Waals surface area (Å²) in [7, 11) is -4.77. The summed E-state index contributed by atoms with van der Waals surface area (Å²) < 4.78 is 32.6. The lowest BCUT2D eigenvalue weighted by molar-refractivity contribution is -0.161. The summed E-state index contributed by atoms with van der Waals surface area (Å²) in [6.07, 6.45) is 43.3. The SMILES string of the molecule is CC/C=C\C[C@H](O)/C=C/C=C\C=C\[C@H](O)C/C=C\C/C=C\CCC(=O)O[C@H](COC(=O)CCCCCCCCCCCCCCCCCCC)COP(=O)(O)OC[C@H](N)C(=O)O. The lowest BCUT2D eigenvalue weighted by Crippen LogP contribution is -2.34. The number of carbonyl (C=O) groups excluding carboxylic acids is 2. The molecule has 0 saturated carbocycles. The molecule has 6 N–H and O–H groups in total. The van der Waals surface area contributed by atoms with Gasteiger partial charge < -0.3 is 35.4 Å². The Labute approximate surface area is 373 Å². The number of hydrogen-bond donors (Lipinski definition) is 5. The number of rotatable bonds is 42. The van der Waals surface area contributed by atoms with Gasteiger partial charge in [0.25, 0.3) is 0 Å². The van der Waals surface area contributed by atoms with Gasteiger partial charge in [0.05, 0.1) is 25.4 Å². The first kappa shape index (κ1) is 58.8. The first-order chi connectivity index (χ1) is 29.9. The van der Waals surface area contributed by atoms with E-state index < -0.39 is 69.9 Å². The second-order valence-electron chi connectivity index (χ2n) is 15.6. The third kappa shape index (κ3) is 40.9. The van der Waals surface area contributed by atoms with Gasteiger partial charge in [0.1, 0.15) is 12.6 Å². The minimum atomic E-state index is -4.77. The number of phosphoric ester groups is 1. The Morgan fingerprint density at radius 3 is 1.60 bits per heavy atom. The summed E-state index contributed by atoms with van der Waals surface area (Å²) >= 11 is 0. The van der Waals surface area contributed by atoms with Gasteiger partial charge in [-0.1, -0.05) is 189 Å². The van der Waals surface area contributed by atoms with Crippen molar-refractivity contribution < 1.29 is 57.7 Å². The van der Waals surface area contributed by atoms with Gasteiger partial charge in [0, 0.05) is 12.8 Å². The average Bonchev–Trinajstić information content (AvgIpc) is 3.24. The van der Waals surface area contributed by atoms with Gasteiger partial charge in [-0.05, 0) is 38.5 Å². The van der Waals surface area contributed by atoms with Crippen LogP contribution in [0.15, 0.2) is 72.9 Å². The number of allylic oxidation sites excluding steroid dienone is 8. The van der Waals surface area contributed by atoms with E-state index in [0.717, 1.165) is 25.7 Å². The molecule has 0 aromatic heterocycles. The predicted octanol–water partition coefficient (Wildman–Crippen LogP) is 10.4. The normalized spacial score (nSPS) is 15.3. The summed E-state index contributed by atoms with van der Waals surface area (Å²) in [5.41, 5.74) is 5.33. The summed E-state index contributed by atoms with van der Waals surface area (Å²) in [5, 5.41) is 28.9. The topological polar surface area (TPSA) is 212 Å². The highest BCUT2D eigenvalue weighted by molar-refractivity contribution is 7.47. The van der Waals surface area contributed by atoms with Gasteiger partial charge in [-0.2, -0.15) is 0 Å². The van der Waals surface area contributed by atoms with E-state index in [1.165, 1.54) is 83.5 Å². The Balaban J connectivity index is 4.55. The monoisotopic (exact) mass is 896 g/mol. The molecule has 0 heterocycles. The Hall–Kier alpha value is -3.16. The molecule has 62 heavy (non-hydrogen) atoms. The zero-order valence-corrected chi connectivity index (χ0v) is 38.8. The van der Waals surface area contributed by atoms with Gasteiger partial charge in [0.15, 0.2) is 6.10 Å². The van der Waals surface area contributed by atoms with Crippen molar-refractivity contribution in [2.24, 2.45) is 5.73 Å². The van der Waals surface area contributed by atoms with E-state index in [-0.39, 0.29) is 12.8 Å². The van der Waals surface area contributed by atoms with Crippen molar-refractivity contribution >= 4 is 25.7 Å². The van der Waals surface area contributed by atoms with Crippen LogP contribution in [-0.2, 0) is 37.5 Å². The molecule has 0 aliphatic carbocycles. The van der Waals surface area contributed by atoms with E-state index in [9.17, 15) is 34.1 Å². The molecule has 14 heteroatoms. The van der Waals surface area contributed by atoms with E-state index in [2.05, 4.69) is 11.4 Å². The van der Waals surface area contributed by atoms with Crippen molar-refractivity contribution in [1.82, 2.24) is 0 Å². The number of carbonyl (C=O) groups is 3. The lowest BCUT2D eigenvalue weighted by atomic mass is 10.0. The molecule has 0 spiro atoms. The fourth-order valence-corrected chi connectivity index (χ4v) is 6.75. The fourth-order valence-electron chi connectivity index (χ4n) is 5.97. The summed E-state index contributed by atoms with van der Waals surface area (Å²) in [5.74, 6) is -2.57. The molecule has 0 fully saturated rings. The van der Waals surface area contributed by atoms with Crippen molar-refractivity contribution in [3.8, 4) is 0 Å². The van der Waals surface area contributed by atoms with Crippen molar-refractivity contribution in [3.63, 3.8) is 0 Å². The van der Waals surface area contributed by atoms with Crippen LogP contribution in [0.25, 0.3) is 0 Å². The molecule has 0 aromatic carbocycles. The first-order valence-corrected chi connectivity index (χ1v) is 24.7. The van der Waals surface area contributed by atoms with Crippen LogP contribution >= 0.6 is 7.82 Å². The number of nitrogens with two attached hydrogens (primary N) is 1. The van der Waals surface area contributed by atoms with Crippen molar-refractivity contribution in [1.29, 1.82) is 0 Å². The maximum atomic E-state index is 12.6. The number of phosphoric acid groups is 1. The Morgan fingerprint density at radius 1 is 0.597 bits per heavy atom. The van der Waals surface area contributed by atoms with Gasteiger partial charge in [-0.3, -0.25) is 23.4 Å². The molecule has 13 nitrogen and oxygen atoms in total. The number of carboxylic acid groups (broad SMARTS) is 1. The van der Waals surface area contributed by atoms with E-state index >= 15 is 0 Å². The Morgan fingerprint density at radius 2 is 1.08 bits per heavy atom. The molecule has 0 amide bonds. The molecule has 0 saturated heterocycles. The molecule has 0 rings (SSSR count). The van der Waals surface area contributed by atoms with E-state index in [0.29, 0.717) is 32.1 Å². The Kier molecular flexibility index (Phi) is 39.7. The van der Waals surface area contributed by atoms with Crippen LogP contribution in [0.3, 0.4) is 0 Å². The number of aliphatic hydroxyl groups excluding tert-OH is 2. The number of carboxylic acids is 1. The molecular formula is C48H82NO12P. The lowest BCUT2D eigenvalue weighted by Gasteiger charge is -2.20. The van der Waals surface area contributed by atoms with Crippen LogP contribution in [0, 0.1) is 0 Å². The van der Waals surface area contributed by atoms with E-state index in [1.54, 1.807) is 42.5 Å². The number of ether oxygens (including phenoxy) is 2. The second-order valence-corrected chi connectivity index (χ2v) is 17.0. The highest BCUT2D eigenvalue weighted by atomic mass is 31.2. The van der Waals surface area contributed by atoms with Gasteiger partial charge in [0.2, 0.25) is 0 Å². The van der Waals surface area contributed by atoms with Crippen LogP contribution in [0.2, 0.25) is 0 Å². The van der Waals surface area contributed by atoms with Gasteiger partial charge >= 0.3 is 25.7 Å². The van der Waals surface area contributed by atoms with E-state index in [1.807, 2.05) is 37.3 Å². The minimum Gasteiger partial charge on any atom is -0.480 e. The number of esters is 2. The number of aliphatic carboxylic acids is 1. The van der Waals surface area contributed by atoms with Crippen LogP contribution < -0.4 is 5.73 Å². The molecule has 0 aliphatic heterocycles. The highest BCUT2D eigenvalue weighted by Crippen LogP contribution is 2.43. The molecule has 0 aliphatic rings. The maximum Gasteiger partial charge on any atom is 0.472 e. The zero-order chi connectivity index (χ0) is 45.9. The van der Waals surface area contributed by atoms with Crippen LogP contribution in [0.1, 0.15) is 168 Å². The maximum absolute atomic E-state index is 12.6. The summed E-state index contributed by atoms with van der Waals surface area (Å²) in [6, 6.07) is -1.55. The van der Waals surface area contributed by atoms with E-state index in [4.69, 9.17) is 24.8 Å². The molecule has 5 atom stereocenters. The first-order valence-electron chi connectivity index (χ1n) is 23.2. The molecule has 0 aromatic rings. The van der Waals surface area contributed by atoms with Crippen molar-refractivity contribution in [2.45, 2.75) is 192 Å². The van der Waals surface area contributed by atoms with Crippen LogP contribution in [0.4, 0.5) is 0 Å². The molecule has 0 radical (unpaired) electrons. The fraction of sp³-hybridized carbons (Fsp3) is 0.688. The average molecular weight is 896 g/mol. The molecule has 1 unspecified atom stereocenters. The highest BCUT2D eigenvalue weighted by Gasteiger charge is 2.28. The molecular weight excluding hydrogens is 813 g/mol. The summed E-state index contributed by atoms with van der Waals surface area (Å²) in [6.45, 7) is 2.44. The summed E-state index contributed by atoms with van der Waals surface area (Å²) in [4.78, 5) is 46.0. The van der Waals surface area contributed by atoms with Crippen molar-refractivity contribution in [3.05, 3.63) is 72.9 Å². The van der Waals surface area contributed by atoms with Crippen molar-refractivity contribution in [2.75, 3.05) is 19.8 Å². The Bertz CT molecular complexity index is 1360. The number of unbranched alkanes of at least 4 members (excludes halogenated alkanes) is 16. The quantitative estimate of drug-likeness (QED) is 0.0127. The third-order valence-electron chi connectivity index (χ3n) is 9.65.